The van der Waals surface area contributed by atoms with Crippen molar-refractivity contribution in [2.75, 3.05) is 4.72 Å². The SMILES string of the molecule is Cc1ccc(S(=O)(=O)Nc2ccc(-c3c[n+]4ccccc4n3C)cc2)cc1.Cc1ccc(S(=O)(=O)[O-])cc1. The Morgan fingerprint density at radius 2 is 1.29 bits per heavy atom. The minimum Gasteiger partial charge on any atom is -0.744 e. The fourth-order valence-corrected chi connectivity index (χ4v) is 5.32. The molecule has 0 aliphatic heterocycles. The van der Waals surface area contributed by atoms with Crippen LogP contribution in [0, 0.1) is 13.8 Å². The highest BCUT2D eigenvalue weighted by molar-refractivity contribution is 7.92. The topological polar surface area (TPSA) is 112 Å². The second-order valence-corrected chi connectivity index (χ2v) is 11.9. The van der Waals surface area contributed by atoms with E-state index >= 15 is 0 Å². The largest absolute Gasteiger partial charge is 0.744 e. The van der Waals surface area contributed by atoms with Crippen LogP contribution in [-0.2, 0) is 27.2 Å². The summed E-state index contributed by atoms with van der Waals surface area (Å²) in [5.74, 6) is 0. The molecule has 0 spiro atoms. The van der Waals surface area contributed by atoms with Gasteiger partial charge in [-0.3, -0.25) is 4.72 Å². The van der Waals surface area contributed by atoms with Crippen molar-refractivity contribution in [3.63, 3.8) is 0 Å². The summed E-state index contributed by atoms with van der Waals surface area (Å²) in [5, 5.41) is 0. The van der Waals surface area contributed by atoms with Crippen LogP contribution in [0.3, 0.4) is 0 Å². The molecule has 0 amide bonds. The summed E-state index contributed by atoms with van der Waals surface area (Å²) >= 11 is 0. The lowest BCUT2D eigenvalue weighted by Gasteiger charge is -2.09. The van der Waals surface area contributed by atoms with E-state index in [4.69, 9.17) is 0 Å². The number of imidazole rings is 1. The van der Waals surface area contributed by atoms with Crippen molar-refractivity contribution < 1.29 is 25.8 Å². The van der Waals surface area contributed by atoms with Gasteiger partial charge in [0.05, 0.1) is 23.0 Å². The maximum absolute atomic E-state index is 12.5. The van der Waals surface area contributed by atoms with Crippen LogP contribution in [0.2, 0.25) is 0 Å². The molecule has 5 aromatic rings. The quantitative estimate of drug-likeness (QED) is 0.257. The van der Waals surface area contributed by atoms with E-state index < -0.39 is 20.1 Å². The molecule has 196 valence electrons. The summed E-state index contributed by atoms with van der Waals surface area (Å²) in [4.78, 5) is 0.0744. The molecule has 0 fully saturated rings. The van der Waals surface area contributed by atoms with Crippen LogP contribution in [0.1, 0.15) is 11.1 Å². The van der Waals surface area contributed by atoms with Crippen molar-refractivity contribution in [2.24, 2.45) is 7.05 Å². The summed E-state index contributed by atoms with van der Waals surface area (Å²) in [6.45, 7) is 3.75. The van der Waals surface area contributed by atoms with Gasteiger partial charge in [-0.2, -0.15) is 0 Å². The van der Waals surface area contributed by atoms with Crippen LogP contribution in [0.15, 0.2) is 113 Å². The number of nitrogens with one attached hydrogen (secondary N) is 1. The van der Waals surface area contributed by atoms with Crippen LogP contribution in [0.25, 0.3) is 16.9 Å². The van der Waals surface area contributed by atoms with Crippen LogP contribution in [0.5, 0.6) is 0 Å². The van der Waals surface area contributed by atoms with Gasteiger partial charge in [0.15, 0.2) is 5.69 Å². The Hall–Kier alpha value is -3.99. The molecule has 0 saturated carbocycles. The minimum absolute atomic E-state index is 0.178. The molecule has 8 nitrogen and oxygen atoms in total. The van der Waals surface area contributed by atoms with Gasteiger partial charge in [-0.15, -0.1) is 0 Å². The third kappa shape index (κ3) is 6.28. The Bertz CT molecular complexity index is 1780. The van der Waals surface area contributed by atoms with Gasteiger partial charge in [-0.1, -0.05) is 41.5 Å². The second kappa shape index (κ2) is 10.8. The molecule has 0 saturated heterocycles. The van der Waals surface area contributed by atoms with Crippen molar-refractivity contribution in [2.45, 2.75) is 23.6 Å². The summed E-state index contributed by atoms with van der Waals surface area (Å²) in [6.07, 6.45) is 4.06. The summed E-state index contributed by atoms with van der Waals surface area (Å²) in [6, 6.07) is 26.0. The van der Waals surface area contributed by atoms with Crippen LogP contribution < -0.4 is 9.12 Å². The average Bonchev–Trinajstić information content (AvgIpc) is 3.21. The number of pyridine rings is 1. The molecule has 0 aliphatic carbocycles. The monoisotopic (exact) mass is 549 g/mol. The predicted octanol–water partition coefficient (Wildman–Crippen LogP) is 4.44. The molecule has 5 rings (SSSR count). The molecule has 0 atom stereocenters. The molecule has 2 aromatic heterocycles. The highest BCUT2D eigenvalue weighted by Gasteiger charge is 2.17. The van der Waals surface area contributed by atoms with Crippen LogP contribution >= 0.6 is 0 Å². The van der Waals surface area contributed by atoms with Crippen molar-refractivity contribution >= 4 is 31.5 Å². The lowest BCUT2D eigenvalue weighted by atomic mass is 10.1. The minimum atomic E-state index is -4.27. The van der Waals surface area contributed by atoms with E-state index in [0.717, 1.165) is 28.0 Å². The van der Waals surface area contributed by atoms with E-state index in [-0.39, 0.29) is 9.79 Å². The zero-order valence-corrected chi connectivity index (χ0v) is 22.7. The zero-order valence-electron chi connectivity index (χ0n) is 21.1. The zero-order chi connectivity index (χ0) is 27.5. The second-order valence-electron chi connectivity index (χ2n) is 8.80. The highest BCUT2D eigenvalue weighted by Crippen LogP contribution is 2.23. The van der Waals surface area contributed by atoms with E-state index in [9.17, 15) is 21.4 Å². The molecule has 0 radical (unpaired) electrons. The van der Waals surface area contributed by atoms with Gasteiger partial charge >= 0.3 is 0 Å². The molecular weight excluding hydrogens is 522 g/mol. The van der Waals surface area contributed by atoms with Gasteiger partial charge < -0.3 is 4.55 Å². The number of nitrogens with zero attached hydrogens (tertiary/aromatic N) is 2. The Labute approximate surface area is 222 Å². The van der Waals surface area contributed by atoms with Gasteiger partial charge in [0.2, 0.25) is 0 Å². The van der Waals surface area contributed by atoms with Crippen molar-refractivity contribution in [3.8, 4) is 11.3 Å². The van der Waals surface area contributed by atoms with Crippen molar-refractivity contribution in [3.05, 3.63) is 115 Å². The van der Waals surface area contributed by atoms with E-state index in [1.807, 2.05) is 57.4 Å². The first-order valence-electron chi connectivity index (χ1n) is 11.6. The first-order chi connectivity index (χ1) is 17.9. The Kier molecular flexibility index (Phi) is 7.68. The third-order valence-corrected chi connectivity index (χ3v) is 8.15. The molecule has 3 aromatic carbocycles. The summed E-state index contributed by atoms with van der Waals surface area (Å²) in [5.41, 5.74) is 5.62. The fourth-order valence-electron chi connectivity index (χ4n) is 3.80. The number of hydrogen-bond acceptors (Lipinski definition) is 5. The van der Waals surface area contributed by atoms with E-state index in [1.54, 1.807) is 48.5 Å². The molecule has 0 unspecified atom stereocenters. The van der Waals surface area contributed by atoms with Crippen molar-refractivity contribution in [1.82, 2.24) is 4.57 Å². The first kappa shape index (κ1) is 27.1. The summed E-state index contributed by atoms with van der Waals surface area (Å²) < 4.78 is 63.0. The summed E-state index contributed by atoms with van der Waals surface area (Å²) in [7, 11) is -5.85. The number of sulfonamides is 1. The van der Waals surface area contributed by atoms with Gasteiger partial charge in [0, 0.05) is 17.3 Å². The number of anilines is 1. The van der Waals surface area contributed by atoms with E-state index in [2.05, 4.69) is 19.9 Å². The standard InChI is InChI=1S/C21H20N3O2S.C7H8O3S/c1-16-6-12-19(13-7-16)27(25,26)22-18-10-8-17(9-11-18)20-15-24-14-4-3-5-21(24)23(20)2;1-6-2-4-7(5-3-6)11(8,9)10/h3-15,22H,1-2H3;2-5H,1H3,(H,8,9,10)/q+1;/p-1. The smallest absolute Gasteiger partial charge is 0.286 e. The highest BCUT2D eigenvalue weighted by atomic mass is 32.2. The van der Waals surface area contributed by atoms with Gasteiger partial charge in [-0.05, 0) is 68.4 Å². The number of benzene rings is 3. The van der Waals surface area contributed by atoms with E-state index in [1.165, 1.54) is 12.1 Å². The van der Waals surface area contributed by atoms with Gasteiger partial charge in [0.25, 0.3) is 15.7 Å². The number of fused-ring (bicyclic) bond motifs is 1. The maximum Gasteiger partial charge on any atom is 0.286 e. The Morgan fingerprint density at radius 3 is 1.82 bits per heavy atom. The number of aryl methyl sites for hydroxylation is 3. The van der Waals surface area contributed by atoms with Crippen LogP contribution in [0.4, 0.5) is 5.69 Å². The molecule has 0 aliphatic rings. The Morgan fingerprint density at radius 1 is 0.737 bits per heavy atom. The molecule has 38 heavy (non-hydrogen) atoms. The Balaban J connectivity index is 0.000000257. The lowest BCUT2D eigenvalue weighted by molar-refractivity contribution is -0.510. The first-order valence-corrected chi connectivity index (χ1v) is 14.5. The van der Waals surface area contributed by atoms with Crippen molar-refractivity contribution in [1.29, 1.82) is 0 Å². The number of aromatic nitrogens is 2. The normalized spacial score (nSPS) is 11.6. The van der Waals surface area contributed by atoms with Crippen LogP contribution in [-0.4, -0.2) is 26.0 Å². The molecule has 0 bridgehead atoms. The molecule has 2 heterocycles. The predicted molar refractivity (Wildman–Crippen MR) is 145 cm³/mol. The number of rotatable bonds is 5. The third-order valence-electron chi connectivity index (χ3n) is 5.91. The molecule has 10 heteroatoms. The lowest BCUT2D eigenvalue weighted by Crippen LogP contribution is -2.17. The van der Waals surface area contributed by atoms with Gasteiger partial charge in [0.1, 0.15) is 16.3 Å². The maximum atomic E-state index is 12.5. The van der Waals surface area contributed by atoms with E-state index in [0.29, 0.717) is 5.69 Å². The molecular formula is C28H27N3O5S2. The molecule has 1 N–H and O–H groups in total. The average molecular weight is 550 g/mol. The number of hydrogen-bond donors (Lipinski definition) is 1. The fraction of sp³-hybridized carbons (Fsp3) is 0.107. The van der Waals surface area contributed by atoms with Gasteiger partial charge in [-0.25, -0.2) is 25.8 Å².